The molecule has 1 unspecified atom stereocenters. The van der Waals surface area contributed by atoms with Gasteiger partial charge in [0.1, 0.15) is 0 Å². The van der Waals surface area contributed by atoms with E-state index >= 15 is 0 Å². The maximum atomic E-state index is 9.92. The molecule has 54 valence electrons. The zero-order valence-corrected chi connectivity index (χ0v) is 8.47. The molecule has 0 aliphatic rings. The molecule has 2 nitrogen and oxygen atoms in total. The van der Waals surface area contributed by atoms with Crippen LogP contribution in [0.4, 0.5) is 0 Å². The van der Waals surface area contributed by atoms with Crippen molar-refractivity contribution in [3.05, 3.63) is 0 Å². The molecule has 0 radical (unpaired) electrons. The zero-order valence-electron chi connectivity index (χ0n) is 6.47. The first kappa shape index (κ1) is 8.69. The van der Waals surface area contributed by atoms with Gasteiger partial charge in [-0.1, -0.05) is 13.8 Å². The van der Waals surface area contributed by atoms with Crippen LogP contribution >= 0.6 is 0 Å². The fourth-order valence-corrected chi connectivity index (χ4v) is 0.356. The Kier molecular flexibility index (Phi) is 2.90. The summed E-state index contributed by atoms with van der Waals surface area (Å²) >= 11 is 0. The van der Waals surface area contributed by atoms with Gasteiger partial charge in [0.25, 0.3) is 6.47 Å². The minimum atomic E-state index is -0.179. The summed E-state index contributed by atoms with van der Waals surface area (Å²) in [4.78, 5) is 9.92. The third-order valence-electron chi connectivity index (χ3n) is 1.74. The number of hydrogen-bond acceptors (Lipinski definition) is 2. The lowest BCUT2D eigenvalue weighted by Crippen LogP contribution is -2.34. The van der Waals surface area contributed by atoms with Crippen molar-refractivity contribution in [2.24, 2.45) is 5.92 Å². The van der Waals surface area contributed by atoms with Gasteiger partial charge in [-0.25, -0.2) is 0 Å². The van der Waals surface area contributed by atoms with Gasteiger partial charge in [-0.15, -0.1) is 0 Å². The van der Waals surface area contributed by atoms with E-state index in [4.69, 9.17) is 4.74 Å². The molecule has 0 rings (SSSR count). The first-order valence-corrected chi connectivity index (χ1v) is 4.12. The normalized spacial score (nSPS) is 17.3. The van der Waals surface area contributed by atoms with Crippen molar-refractivity contribution >= 4 is 16.7 Å². The molecular formula is C6H14O2Si. The number of hydrogen-bond donors (Lipinski definition) is 0. The van der Waals surface area contributed by atoms with Crippen LogP contribution in [0.25, 0.3) is 0 Å². The van der Waals surface area contributed by atoms with E-state index in [-0.39, 0.29) is 5.22 Å². The summed E-state index contributed by atoms with van der Waals surface area (Å²) in [6.45, 7) is 6.60. The molecule has 0 spiro atoms. The minimum Gasteiger partial charge on any atom is -0.466 e. The van der Waals surface area contributed by atoms with Gasteiger partial charge in [0.05, 0.1) is 15.5 Å². The second-order valence-corrected chi connectivity index (χ2v) is 4.96. The Balaban J connectivity index is 3.84. The predicted molar refractivity (Wildman–Crippen MR) is 40.3 cm³/mol. The van der Waals surface area contributed by atoms with Gasteiger partial charge in [-0.05, 0) is 12.8 Å². The van der Waals surface area contributed by atoms with Crippen LogP contribution in [0.5, 0.6) is 0 Å². The summed E-state index contributed by atoms with van der Waals surface area (Å²) in [5.41, 5.74) is 0. The number of carbonyl (C=O) groups excluding carboxylic acids is 1. The van der Waals surface area contributed by atoms with Crippen LogP contribution in [-0.4, -0.2) is 21.9 Å². The molecule has 0 aliphatic carbocycles. The molecule has 0 bridgehead atoms. The Hall–Kier alpha value is -0.313. The van der Waals surface area contributed by atoms with Crippen molar-refractivity contribution in [2.75, 3.05) is 0 Å². The SMILES string of the molecule is CC(C)C(C)([SiH3])OC=O. The van der Waals surface area contributed by atoms with Crippen molar-refractivity contribution in [3.63, 3.8) is 0 Å². The van der Waals surface area contributed by atoms with E-state index < -0.39 is 0 Å². The minimum absolute atomic E-state index is 0.179. The first-order valence-electron chi connectivity index (χ1n) is 3.12. The van der Waals surface area contributed by atoms with E-state index in [1.807, 2.05) is 6.92 Å². The van der Waals surface area contributed by atoms with Gasteiger partial charge in [0.2, 0.25) is 0 Å². The van der Waals surface area contributed by atoms with Gasteiger partial charge < -0.3 is 4.74 Å². The molecule has 0 fully saturated rings. The molecular weight excluding hydrogens is 132 g/mol. The van der Waals surface area contributed by atoms with Crippen molar-refractivity contribution < 1.29 is 9.53 Å². The molecule has 0 N–H and O–H groups in total. The monoisotopic (exact) mass is 146 g/mol. The quantitative estimate of drug-likeness (QED) is 0.410. The van der Waals surface area contributed by atoms with E-state index in [1.54, 1.807) is 0 Å². The van der Waals surface area contributed by atoms with Crippen LogP contribution in [0.2, 0.25) is 0 Å². The van der Waals surface area contributed by atoms with E-state index in [0.717, 1.165) is 10.2 Å². The summed E-state index contributed by atoms with van der Waals surface area (Å²) in [7, 11) is 0.889. The second kappa shape index (κ2) is 3.01. The van der Waals surface area contributed by atoms with Gasteiger partial charge >= 0.3 is 0 Å². The van der Waals surface area contributed by atoms with Crippen LogP contribution in [0.15, 0.2) is 0 Å². The molecule has 0 aromatic carbocycles. The van der Waals surface area contributed by atoms with Gasteiger partial charge in [0, 0.05) is 0 Å². The molecule has 9 heavy (non-hydrogen) atoms. The van der Waals surface area contributed by atoms with E-state index in [2.05, 4.69) is 13.8 Å². The summed E-state index contributed by atoms with van der Waals surface area (Å²) in [6, 6.07) is 0. The van der Waals surface area contributed by atoms with E-state index in [1.165, 1.54) is 0 Å². The molecule has 0 amide bonds. The lowest BCUT2D eigenvalue weighted by atomic mass is 10.1. The standard InChI is InChI=1S/C6H14O2Si/c1-5(2)6(3,9)8-4-7/h4-5H,1-3,9H3. The fourth-order valence-electron chi connectivity index (χ4n) is 0.260. The Morgan fingerprint density at radius 3 is 2.22 bits per heavy atom. The van der Waals surface area contributed by atoms with Crippen LogP contribution < -0.4 is 0 Å². The number of carbonyl (C=O) groups is 1. The number of rotatable bonds is 3. The first-order chi connectivity index (χ1) is 4.00. The third kappa shape index (κ3) is 2.65. The fraction of sp³-hybridized carbons (Fsp3) is 0.833. The summed E-state index contributed by atoms with van der Waals surface area (Å²) in [5.74, 6) is 0.425. The smallest absolute Gasteiger partial charge is 0.293 e. The van der Waals surface area contributed by atoms with Crippen LogP contribution in [0.3, 0.4) is 0 Å². The Morgan fingerprint density at radius 2 is 2.11 bits per heavy atom. The molecule has 1 atom stereocenters. The molecule has 0 heterocycles. The predicted octanol–water partition coefficient (Wildman–Crippen LogP) is -0.103. The highest BCUT2D eigenvalue weighted by atomic mass is 28.1. The average molecular weight is 146 g/mol. The maximum absolute atomic E-state index is 9.92. The molecule has 0 aliphatic heterocycles. The lowest BCUT2D eigenvalue weighted by Gasteiger charge is -2.26. The average Bonchev–Trinajstić information content (AvgIpc) is 1.65. The highest BCUT2D eigenvalue weighted by Crippen LogP contribution is 2.14. The molecule has 0 saturated heterocycles. The van der Waals surface area contributed by atoms with Crippen LogP contribution in [0, 0.1) is 5.92 Å². The van der Waals surface area contributed by atoms with E-state index in [0.29, 0.717) is 12.4 Å². The Labute approximate surface area is 59.0 Å². The third-order valence-corrected chi connectivity index (χ3v) is 3.13. The largest absolute Gasteiger partial charge is 0.466 e. The molecule has 0 aromatic rings. The topological polar surface area (TPSA) is 26.3 Å². The van der Waals surface area contributed by atoms with Crippen LogP contribution in [0.1, 0.15) is 20.8 Å². The van der Waals surface area contributed by atoms with Crippen LogP contribution in [-0.2, 0) is 9.53 Å². The molecule has 3 heteroatoms. The summed E-state index contributed by atoms with van der Waals surface area (Å²) < 4.78 is 4.87. The Bertz CT molecular complexity index is 99.2. The van der Waals surface area contributed by atoms with Crippen molar-refractivity contribution in [3.8, 4) is 0 Å². The molecule has 0 aromatic heterocycles. The summed E-state index contributed by atoms with van der Waals surface area (Å²) in [5, 5.41) is -0.179. The zero-order chi connectivity index (χ0) is 7.49. The highest BCUT2D eigenvalue weighted by molar-refractivity contribution is 6.14. The summed E-state index contributed by atoms with van der Waals surface area (Å²) in [6.07, 6.45) is 0. The van der Waals surface area contributed by atoms with Gasteiger partial charge in [-0.3, -0.25) is 4.79 Å². The second-order valence-electron chi connectivity index (χ2n) is 2.97. The lowest BCUT2D eigenvalue weighted by molar-refractivity contribution is -0.137. The van der Waals surface area contributed by atoms with Gasteiger partial charge in [0.15, 0.2) is 0 Å². The van der Waals surface area contributed by atoms with Crippen molar-refractivity contribution in [1.29, 1.82) is 0 Å². The van der Waals surface area contributed by atoms with Crippen molar-refractivity contribution in [1.82, 2.24) is 0 Å². The van der Waals surface area contributed by atoms with Crippen molar-refractivity contribution in [2.45, 2.75) is 26.0 Å². The molecule has 0 saturated carbocycles. The van der Waals surface area contributed by atoms with E-state index in [9.17, 15) is 4.79 Å². The highest BCUT2D eigenvalue weighted by Gasteiger charge is 2.22. The van der Waals surface area contributed by atoms with Gasteiger partial charge in [-0.2, -0.15) is 0 Å². The Morgan fingerprint density at radius 1 is 1.67 bits per heavy atom. The maximum Gasteiger partial charge on any atom is 0.293 e. The number of ether oxygens (including phenoxy) is 1.